The van der Waals surface area contributed by atoms with Gasteiger partial charge in [0.15, 0.2) is 0 Å². The lowest BCUT2D eigenvalue weighted by Gasteiger charge is -2.29. The molecule has 0 aliphatic carbocycles. The Kier molecular flexibility index (Phi) is 8.96. The van der Waals surface area contributed by atoms with Crippen LogP contribution >= 0.6 is 11.8 Å². The first-order valence-corrected chi connectivity index (χ1v) is 13.5. The van der Waals surface area contributed by atoms with Crippen molar-refractivity contribution in [3.8, 4) is 0 Å². The average molecular weight is 516 g/mol. The molecule has 3 amide bonds. The molecular formula is C27H31F2N3O3S. The summed E-state index contributed by atoms with van der Waals surface area (Å²) < 4.78 is 26.4. The van der Waals surface area contributed by atoms with Crippen LogP contribution in [0.25, 0.3) is 0 Å². The first kappa shape index (κ1) is 26.1. The van der Waals surface area contributed by atoms with Crippen molar-refractivity contribution < 1.29 is 23.2 Å². The Balaban J connectivity index is 1.13. The minimum Gasteiger partial charge on any atom is -0.385 e. The van der Waals surface area contributed by atoms with E-state index in [1.54, 1.807) is 16.7 Å². The fourth-order valence-electron chi connectivity index (χ4n) is 4.70. The second-order valence-corrected chi connectivity index (χ2v) is 10.4. The van der Waals surface area contributed by atoms with Gasteiger partial charge in [0.2, 0.25) is 11.8 Å². The summed E-state index contributed by atoms with van der Waals surface area (Å²) in [5.74, 6) is -1.01. The minimum absolute atomic E-state index is 0.140. The molecule has 2 aliphatic rings. The number of piperidine rings is 1. The number of thioether (sulfide) groups is 1. The number of hydrogen-bond donors (Lipinski definition) is 2. The number of carbonyl (C=O) groups excluding carboxylic acids is 3. The summed E-state index contributed by atoms with van der Waals surface area (Å²) in [5.41, 5.74) is 2.10. The molecular weight excluding hydrogens is 484 g/mol. The number of imide groups is 1. The third-order valence-corrected chi connectivity index (χ3v) is 7.75. The molecule has 2 aromatic rings. The number of amides is 3. The van der Waals surface area contributed by atoms with Crippen LogP contribution in [0.3, 0.4) is 0 Å². The van der Waals surface area contributed by atoms with E-state index in [1.165, 1.54) is 12.1 Å². The van der Waals surface area contributed by atoms with Crippen molar-refractivity contribution in [2.75, 3.05) is 17.6 Å². The molecule has 2 aliphatic heterocycles. The zero-order valence-electron chi connectivity index (χ0n) is 20.2. The van der Waals surface area contributed by atoms with Crippen molar-refractivity contribution in [3.05, 3.63) is 59.2 Å². The van der Waals surface area contributed by atoms with Crippen molar-refractivity contribution in [3.63, 3.8) is 0 Å². The van der Waals surface area contributed by atoms with Gasteiger partial charge >= 0.3 is 0 Å². The van der Waals surface area contributed by atoms with E-state index in [0.717, 1.165) is 60.8 Å². The van der Waals surface area contributed by atoms with Gasteiger partial charge < -0.3 is 10.2 Å². The zero-order valence-corrected chi connectivity index (χ0v) is 21.0. The molecule has 0 spiro atoms. The summed E-state index contributed by atoms with van der Waals surface area (Å²) in [6.07, 6.45) is 7.05. The Morgan fingerprint density at radius 2 is 1.69 bits per heavy atom. The molecule has 0 aromatic heterocycles. The quantitative estimate of drug-likeness (QED) is 0.229. The molecule has 36 heavy (non-hydrogen) atoms. The predicted octanol–water partition coefficient (Wildman–Crippen LogP) is 5.27. The fourth-order valence-corrected chi connectivity index (χ4v) is 5.79. The van der Waals surface area contributed by atoms with Crippen molar-refractivity contribution >= 4 is 35.2 Å². The van der Waals surface area contributed by atoms with Crippen LogP contribution in [0.1, 0.15) is 67.3 Å². The SMILES string of the molecule is O=C1CCC(N2Cc3c(SCCCCCCCCNc4cc(F)cc(F)c4)cccc3C2=O)C(=O)N1. The zero-order chi connectivity index (χ0) is 25.5. The van der Waals surface area contributed by atoms with Gasteiger partial charge in [0.1, 0.15) is 17.7 Å². The summed E-state index contributed by atoms with van der Waals surface area (Å²) in [6, 6.07) is 8.60. The summed E-state index contributed by atoms with van der Waals surface area (Å²) in [5, 5.41) is 5.40. The number of nitrogens with zero attached hydrogens (tertiary/aromatic N) is 1. The molecule has 9 heteroatoms. The molecule has 6 nitrogen and oxygen atoms in total. The van der Waals surface area contributed by atoms with Gasteiger partial charge in [-0.25, -0.2) is 8.78 Å². The fraction of sp³-hybridized carbons (Fsp3) is 0.444. The third kappa shape index (κ3) is 6.63. The molecule has 1 fully saturated rings. The largest absolute Gasteiger partial charge is 0.385 e. The van der Waals surface area contributed by atoms with E-state index in [-0.39, 0.29) is 24.1 Å². The van der Waals surface area contributed by atoms with Crippen molar-refractivity contribution in [2.24, 2.45) is 0 Å². The maximum atomic E-state index is 13.2. The van der Waals surface area contributed by atoms with Gasteiger partial charge in [0.25, 0.3) is 5.91 Å². The van der Waals surface area contributed by atoms with Gasteiger partial charge in [0, 0.05) is 41.7 Å². The van der Waals surface area contributed by atoms with Gasteiger partial charge in [-0.15, -0.1) is 11.8 Å². The van der Waals surface area contributed by atoms with E-state index >= 15 is 0 Å². The smallest absolute Gasteiger partial charge is 0.255 e. The van der Waals surface area contributed by atoms with Gasteiger partial charge in [-0.3, -0.25) is 19.7 Å². The Bertz CT molecular complexity index is 1110. The van der Waals surface area contributed by atoms with Crippen LogP contribution in [0, 0.1) is 11.6 Å². The number of unbranched alkanes of at least 4 members (excludes halogenated alkanes) is 5. The molecule has 2 heterocycles. The van der Waals surface area contributed by atoms with Gasteiger partial charge in [0.05, 0.1) is 0 Å². The molecule has 2 N–H and O–H groups in total. The maximum Gasteiger partial charge on any atom is 0.255 e. The number of nitrogens with one attached hydrogen (secondary N) is 2. The van der Waals surface area contributed by atoms with Crippen LogP contribution in [0.2, 0.25) is 0 Å². The third-order valence-electron chi connectivity index (χ3n) is 6.56. The normalized spacial score (nSPS) is 17.3. The highest BCUT2D eigenvalue weighted by Gasteiger charge is 2.39. The number of fused-ring (bicyclic) bond motifs is 1. The van der Waals surface area contributed by atoms with E-state index in [0.29, 0.717) is 30.8 Å². The maximum absolute atomic E-state index is 13.2. The van der Waals surface area contributed by atoms with Gasteiger partial charge in [-0.1, -0.05) is 31.7 Å². The lowest BCUT2D eigenvalue weighted by Crippen LogP contribution is -2.52. The first-order valence-electron chi connectivity index (χ1n) is 12.5. The lowest BCUT2D eigenvalue weighted by atomic mass is 10.0. The minimum atomic E-state index is -0.592. The molecule has 2 aromatic carbocycles. The Labute approximate surface area is 214 Å². The standard InChI is InChI=1S/C27H31F2N3O3S/c28-18-14-19(29)16-20(15-18)30-12-5-3-1-2-4-6-13-36-24-9-7-8-21-22(24)17-32(27(21)35)23-10-11-25(33)31-26(23)34/h7-9,14-16,23,30H,1-6,10-13,17H2,(H,31,33,34). The van der Waals surface area contributed by atoms with E-state index in [9.17, 15) is 23.2 Å². The van der Waals surface area contributed by atoms with Crippen LogP contribution in [0.5, 0.6) is 0 Å². The highest BCUT2D eigenvalue weighted by molar-refractivity contribution is 7.99. The van der Waals surface area contributed by atoms with Gasteiger partial charge in [-0.2, -0.15) is 0 Å². The molecule has 0 saturated carbocycles. The summed E-state index contributed by atoms with van der Waals surface area (Å²) >= 11 is 1.74. The average Bonchev–Trinajstić information content (AvgIpc) is 3.16. The second kappa shape index (κ2) is 12.3. The van der Waals surface area contributed by atoms with Crippen LogP contribution in [-0.4, -0.2) is 41.0 Å². The van der Waals surface area contributed by atoms with Crippen molar-refractivity contribution in [2.45, 2.75) is 68.8 Å². The highest BCUT2D eigenvalue weighted by atomic mass is 32.2. The number of carbonyl (C=O) groups is 3. The Hall–Kier alpha value is -2.94. The monoisotopic (exact) mass is 515 g/mol. The molecule has 0 bridgehead atoms. The van der Waals surface area contributed by atoms with Crippen LogP contribution < -0.4 is 10.6 Å². The summed E-state index contributed by atoms with van der Waals surface area (Å²) in [7, 11) is 0. The van der Waals surface area contributed by atoms with E-state index < -0.39 is 17.7 Å². The number of halogens is 2. The van der Waals surface area contributed by atoms with E-state index in [4.69, 9.17) is 0 Å². The molecule has 4 rings (SSSR count). The highest BCUT2D eigenvalue weighted by Crippen LogP contribution is 2.34. The number of anilines is 1. The van der Waals surface area contributed by atoms with Crippen LogP contribution in [0.15, 0.2) is 41.3 Å². The van der Waals surface area contributed by atoms with Crippen molar-refractivity contribution in [1.82, 2.24) is 10.2 Å². The molecule has 1 saturated heterocycles. The van der Waals surface area contributed by atoms with Gasteiger partial charge in [-0.05, 0) is 54.8 Å². The number of benzene rings is 2. The molecule has 0 radical (unpaired) electrons. The van der Waals surface area contributed by atoms with E-state index in [2.05, 4.69) is 10.6 Å². The van der Waals surface area contributed by atoms with Crippen LogP contribution in [0.4, 0.5) is 14.5 Å². The summed E-state index contributed by atoms with van der Waals surface area (Å²) in [4.78, 5) is 39.3. The Morgan fingerprint density at radius 3 is 2.44 bits per heavy atom. The first-order chi connectivity index (χ1) is 17.4. The number of rotatable bonds is 12. The summed E-state index contributed by atoms with van der Waals surface area (Å²) in [6.45, 7) is 1.09. The van der Waals surface area contributed by atoms with E-state index in [1.807, 2.05) is 18.2 Å². The second-order valence-electron chi connectivity index (χ2n) is 9.24. The lowest BCUT2D eigenvalue weighted by molar-refractivity contribution is -0.136. The predicted molar refractivity (Wildman–Crippen MR) is 136 cm³/mol. The topological polar surface area (TPSA) is 78.5 Å². The van der Waals surface area contributed by atoms with Crippen molar-refractivity contribution in [1.29, 1.82) is 0 Å². The van der Waals surface area contributed by atoms with Crippen LogP contribution in [-0.2, 0) is 16.1 Å². The number of hydrogen-bond acceptors (Lipinski definition) is 5. The molecule has 1 unspecified atom stereocenters. The Morgan fingerprint density at radius 1 is 0.972 bits per heavy atom. The molecule has 192 valence electrons. The molecule has 1 atom stereocenters.